The molecule has 29 heavy (non-hydrogen) atoms. The fraction of sp³-hybridized carbons (Fsp3) is 0.238. The Morgan fingerprint density at radius 3 is 2.34 bits per heavy atom. The molecule has 0 saturated carbocycles. The third-order valence-corrected chi connectivity index (χ3v) is 5.95. The number of nitrogens with one attached hydrogen (secondary N) is 2. The van der Waals surface area contributed by atoms with Gasteiger partial charge in [-0.25, -0.2) is 13.1 Å². The van der Waals surface area contributed by atoms with Crippen molar-refractivity contribution < 1.29 is 18.0 Å². The predicted molar refractivity (Wildman–Crippen MR) is 110 cm³/mol. The van der Waals surface area contributed by atoms with Gasteiger partial charge in [-0.2, -0.15) is 0 Å². The molecule has 0 bridgehead atoms. The highest BCUT2D eigenvalue weighted by molar-refractivity contribution is 7.88. The first-order valence-corrected chi connectivity index (χ1v) is 11.2. The van der Waals surface area contributed by atoms with Crippen LogP contribution in [0.15, 0.2) is 48.7 Å². The number of carbonyl (C=O) groups is 2. The lowest BCUT2D eigenvalue weighted by molar-refractivity contribution is 0.0656. The van der Waals surface area contributed by atoms with Crippen LogP contribution in [0.25, 0.3) is 10.9 Å². The minimum Gasteiger partial charge on any atom is -0.361 e. The quantitative estimate of drug-likeness (QED) is 0.609. The summed E-state index contributed by atoms with van der Waals surface area (Å²) < 4.78 is 25.6. The van der Waals surface area contributed by atoms with Crippen LogP contribution in [-0.4, -0.2) is 42.9 Å². The molecule has 1 unspecified atom stereocenters. The number of amides is 2. The SMILES string of the molecule is CC(NS(C)(=O)=O)c1ccc2[nH]cc(CCN3C(=O)c4ccccc4C3=O)c2c1. The van der Waals surface area contributed by atoms with Crippen molar-refractivity contribution >= 4 is 32.7 Å². The molecule has 0 spiro atoms. The number of imide groups is 1. The van der Waals surface area contributed by atoms with E-state index < -0.39 is 10.0 Å². The number of nitrogens with zero attached hydrogens (tertiary/aromatic N) is 1. The van der Waals surface area contributed by atoms with Crippen LogP contribution in [-0.2, 0) is 16.4 Å². The minimum absolute atomic E-state index is 0.267. The third-order valence-electron chi connectivity index (χ3n) is 5.17. The lowest BCUT2D eigenvalue weighted by Gasteiger charge is -2.14. The Bertz CT molecular complexity index is 1190. The van der Waals surface area contributed by atoms with Gasteiger partial charge in [0.25, 0.3) is 11.8 Å². The van der Waals surface area contributed by atoms with Crippen molar-refractivity contribution in [3.05, 3.63) is 70.9 Å². The molecule has 4 rings (SSSR count). The molecule has 1 aliphatic heterocycles. The van der Waals surface area contributed by atoms with Crippen LogP contribution in [0.2, 0.25) is 0 Å². The van der Waals surface area contributed by atoms with Gasteiger partial charge in [0.2, 0.25) is 10.0 Å². The largest absolute Gasteiger partial charge is 0.361 e. The van der Waals surface area contributed by atoms with Gasteiger partial charge in [0.05, 0.1) is 17.4 Å². The molecule has 0 saturated heterocycles. The fourth-order valence-electron chi connectivity index (χ4n) is 3.74. The molecule has 2 heterocycles. The zero-order valence-electron chi connectivity index (χ0n) is 16.1. The van der Waals surface area contributed by atoms with Crippen LogP contribution in [0.4, 0.5) is 0 Å². The standard InChI is InChI=1S/C21H21N3O4S/c1-13(23-29(2,27)28)14-7-8-19-18(11-14)15(12-22-19)9-10-24-20(25)16-5-3-4-6-17(16)21(24)26/h3-8,11-13,22-23H,9-10H2,1-2H3. The van der Waals surface area contributed by atoms with E-state index in [2.05, 4.69) is 9.71 Å². The van der Waals surface area contributed by atoms with E-state index in [-0.39, 0.29) is 24.4 Å². The number of carbonyl (C=O) groups excluding carboxylic acids is 2. The zero-order chi connectivity index (χ0) is 20.8. The molecule has 2 N–H and O–H groups in total. The molecule has 2 amide bonds. The predicted octanol–water partition coefficient (Wildman–Crippen LogP) is 2.62. The van der Waals surface area contributed by atoms with Gasteiger partial charge in [0.15, 0.2) is 0 Å². The van der Waals surface area contributed by atoms with Gasteiger partial charge in [-0.3, -0.25) is 14.5 Å². The summed E-state index contributed by atoms with van der Waals surface area (Å²) >= 11 is 0. The Kier molecular flexibility index (Phi) is 4.76. The third kappa shape index (κ3) is 3.68. The van der Waals surface area contributed by atoms with Crippen LogP contribution >= 0.6 is 0 Å². The Labute approximate surface area is 168 Å². The number of fused-ring (bicyclic) bond motifs is 2. The first-order chi connectivity index (χ1) is 13.7. The van der Waals surface area contributed by atoms with Crippen LogP contribution in [0.5, 0.6) is 0 Å². The van der Waals surface area contributed by atoms with Gasteiger partial charge in [0, 0.05) is 29.7 Å². The summed E-state index contributed by atoms with van der Waals surface area (Å²) in [6.07, 6.45) is 3.50. The highest BCUT2D eigenvalue weighted by Crippen LogP contribution is 2.26. The number of hydrogen-bond donors (Lipinski definition) is 2. The molecule has 0 radical (unpaired) electrons. The van der Waals surface area contributed by atoms with E-state index in [1.165, 1.54) is 4.90 Å². The molecule has 1 aliphatic rings. The number of benzene rings is 2. The number of sulfonamides is 1. The van der Waals surface area contributed by atoms with Crippen LogP contribution < -0.4 is 4.72 Å². The maximum Gasteiger partial charge on any atom is 0.261 e. The summed E-state index contributed by atoms with van der Waals surface area (Å²) in [5.74, 6) is -0.533. The van der Waals surface area contributed by atoms with Crippen molar-refractivity contribution in [2.45, 2.75) is 19.4 Å². The van der Waals surface area contributed by atoms with E-state index in [4.69, 9.17) is 0 Å². The smallest absolute Gasteiger partial charge is 0.261 e. The summed E-state index contributed by atoms with van der Waals surface area (Å²) in [4.78, 5) is 29.5. The number of aromatic amines is 1. The highest BCUT2D eigenvalue weighted by atomic mass is 32.2. The first kappa shape index (κ1) is 19.4. The molecule has 8 heteroatoms. The maximum absolute atomic E-state index is 12.5. The summed E-state index contributed by atoms with van der Waals surface area (Å²) in [6.45, 7) is 2.06. The fourth-order valence-corrected chi connectivity index (χ4v) is 4.51. The van der Waals surface area contributed by atoms with Gasteiger partial charge < -0.3 is 4.98 Å². The number of aromatic nitrogens is 1. The molecular formula is C21H21N3O4S. The number of hydrogen-bond acceptors (Lipinski definition) is 4. The van der Waals surface area contributed by atoms with Crippen molar-refractivity contribution in [1.82, 2.24) is 14.6 Å². The zero-order valence-corrected chi connectivity index (χ0v) is 16.9. The molecule has 2 aromatic carbocycles. The second-order valence-corrected chi connectivity index (χ2v) is 9.07. The summed E-state index contributed by atoms with van der Waals surface area (Å²) in [7, 11) is -3.32. The van der Waals surface area contributed by atoms with E-state index in [1.807, 2.05) is 24.4 Å². The summed E-state index contributed by atoms with van der Waals surface area (Å²) in [6, 6.07) is 12.2. The van der Waals surface area contributed by atoms with Gasteiger partial charge in [0.1, 0.15) is 0 Å². The summed E-state index contributed by atoms with van der Waals surface area (Å²) in [5, 5.41) is 0.946. The second-order valence-electron chi connectivity index (χ2n) is 7.29. The summed E-state index contributed by atoms with van der Waals surface area (Å²) in [5.41, 5.74) is 3.60. The van der Waals surface area contributed by atoms with Crippen molar-refractivity contribution in [2.75, 3.05) is 12.8 Å². The molecule has 0 fully saturated rings. The molecule has 1 aromatic heterocycles. The van der Waals surface area contributed by atoms with Gasteiger partial charge in [-0.1, -0.05) is 18.2 Å². The van der Waals surface area contributed by atoms with E-state index in [9.17, 15) is 18.0 Å². The molecule has 7 nitrogen and oxygen atoms in total. The second kappa shape index (κ2) is 7.13. The lowest BCUT2D eigenvalue weighted by atomic mass is 10.0. The average molecular weight is 411 g/mol. The van der Waals surface area contributed by atoms with Crippen molar-refractivity contribution in [1.29, 1.82) is 0 Å². The van der Waals surface area contributed by atoms with Crippen LogP contribution in [0.3, 0.4) is 0 Å². The molecule has 150 valence electrons. The molecule has 1 atom stereocenters. The van der Waals surface area contributed by atoms with E-state index >= 15 is 0 Å². The number of rotatable bonds is 6. The Morgan fingerprint density at radius 2 is 1.72 bits per heavy atom. The van der Waals surface area contributed by atoms with Crippen molar-refractivity contribution in [3.8, 4) is 0 Å². The van der Waals surface area contributed by atoms with E-state index in [0.717, 1.165) is 28.3 Å². The van der Waals surface area contributed by atoms with Gasteiger partial charge in [-0.15, -0.1) is 0 Å². The Morgan fingerprint density at radius 1 is 1.07 bits per heavy atom. The van der Waals surface area contributed by atoms with E-state index in [1.54, 1.807) is 31.2 Å². The van der Waals surface area contributed by atoms with E-state index in [0.29, 0.717) is 17.5 Å². The normalized spacial score (nSPS) is 15.2. The number of H-pyrrole nitrogens is 1. The van der Waals surface area contributed by atoms with Gasteiger partial charge in [-0.05, 0) is 48.7 Å². The highest BCUT2D eigenvalue weighted by Gasteiger charge is 2.34. The average Bonchev–Trinajstić information content (AvgIpc) is 3.18. The monoisotopic (exact) mass is 411 g/mol. The van der Waals surface area contributed by atoms with Crippen LogP contribution in [0.1, 0.15) is 44.8 Å². The topological polar surface area (TPSA) is 99.3 Å². The lowest BCUT2D eigenvalue weighted by Crippen LogP contribution is -2.31. The molecule has 0 aliphatic carbocycles. The molecular weight excluding hydrogens is 390 g/mol. The van der Waals surface area contributed by atoms with Gasteiger partial charge >= 0.3 is 0 Å². The first-order valence-electron chi connectivity index (χ1n) is 9.27. The molecule has 3 aromatic rings. The minimum atomic E-state index is -3.32. The Balaban J connectivity index is 1.55. The maximum atomic E-state index is 12.5. The van der Waals surface area contributed by atoms with Crippen molar-refractivity contribution in [3.63, 3.8) is 0 Å². The van der Waals surface area contributed by atoms with Crippen LogP contribution in [0, 0.1) is 0 Å². The Hall–Kier alpha value is -2.97. The van der Waals surface area contributed by atoms with Crippen molar-refractivity contribution in [2.24, 2.45) is 0 Å².